The number of aliphatic hydroxyl groups is 1. The van der Waals surface area contributed by atoms with Gasteiger partial charge < -0.3 is 21.6 Å². The Balaban J connectivity index is 4.87. The average Bonchev–Trinajstić information content (AvgIpc) is 2.16. The third-order valence-corrected chi connectivity index (χ3v) is 21.0. The highest BCUT2D eigenvalue weighted by atomic mass is 28.5. The monoisotopic (exact) mass is 428 g/mol. The Hall–Kier alpha value is 0.884. The lowest BCUT2D eigenvalue weighted by Gasteiger charge is -2.42. The van der Waals surface area contributed by atoms with Crippen molar-refractivity contribution in [2.24, 2.45) is 0 Å². The molecule has 0 heterocycles. The zero-order valence-corrected chi connectivity index (χ0v) is 22.7. The molecule has 0 aliphatic carbocycles. The second-order valence-corrected chi connectivity index (χ2v) is 29.2. The van der Waals surface area contributed by atoms with Crippen LogP contribution in [0.3, 0.4) is 0 Å². The van der Waals surface area contributed by atoms with Crippen molar-refractivity contribution in [3.05, 3.63) is 0 Å². The van der Waals surface area contributed by atoms with Crippen LogP contribution in [0.4, 0.5) is 0 Å². The molecule has 0 rings (SSSR count). The van der Waals surface area contributed by atoms with Gasteiger partial charge in [0, 0.05) is 6.61 Å². The summed E-state index contributed by atoms with van der Waals surface area (Å²) in [6, 6.07) is 0.950. The molecule has 0 unspecified atom stereocenters. The lowest BCUT2D eigenvalue weighted by atomic mass is 10.5. The predicted octanol–water partition coefficient (Wildman–Crippen LogP) is 4.58. The lowest BCUT2D eigenvalue weighted by Crippen LogP contribution is -2.58. The standard InChI is InChI=1S/C14H40O5Si5/c1-20(2,3)16-22(6,7)18-24(10,11)19-23(8,9)17-21(4,5)14-12-13-15/h15H,12-14H2,1-11H3. The van der Waals surface area contributed by atoms with E-state index in [1.54, 1.807) is 0 Å². The molecule has 0 atom stereocenters. The van der Waals surface area contributed by atoms with Gasteiger partial charge in [0.25, 0.3) is 0 Å². The highest BCUT2D eigenvalue weighted by Gasteiger charge is 2.44. The van der Waals surface area contributed by atoms with Crippen LogP contribution >= 0.6 is 0 Å². The van der Waals surface area contributed by atoms with E-state index in [-0.39, 0.29) is 6.61 Å². The highest BCUT2D eigenvalue weighted by molar-refractivity contribution is 6.90. The minimum atomic E-state index is -2.34. The first-order chi connectivity index (χ1) is 10.4. The van der Waals surface area contributed by atoms with Crippen molar-refractivity contribution < 1.29 is 21.6 Å². The fourth-order valence-corrected chi connectivity index (χ4v) is 26.9. The first-order valence-electron chi connectivity index (χ1n) is 8.80. The van der Waals surface area contributed by atoms with Crippen molar-refractivity contribution in [3.8, 4) is 0 Å². The molecule has 0 bridgehead atoms. The van der Waals surface area contributed by atoms with E-state index >= 15 is 0 Å². The molecule has 146 valence electrons. The molecule has 1 N–H and O–H groups in total. The number of rotatable bonds is 11. The number of hydrogen-bond acceptors (Lipinski definition) is 5. The first-order valence-corrected chi connectivity index (χ1v) is 23.8. The molecule has 0 aromatic rings. The predicted molar refractivity (Wildman–Crippen MR) is 114 cm³/mol. The molecule has 0 aliphatic heterocycles. The normalized spacial score (nSPS) is 15.0. The van der Waals surface area contributed by atoms with Crippen molar-refractivity contribution in [2.75, 3.05) is 6.61 Å². The van der Waals surface area contributed by atoms with Crippen LogP contribution in [0.15, 0.2) is 0 Å². The van der Waals surface area contributed by atoms with Gasteiger partial charge in [0.15, 0.2) is 16.6 Å². The Morgan fingerprint density at radius 3 is 1.33 bits per heavy atom. The molecular formula is C14H40O5Si5. The summed E-state index contributed by atoms with van der Waals surface area (Å²) < 4.78 is 25.7. The maximum atomic E-state index is 9.06. The highest BCUT2D eigenvalue weighted by Crippen LogP contribution is 2.27. The minimum absolute atomic E-state index is 0.222. The SMILES string of the molecule is C[Si](C)(C)O[Si](C)(C)O[Si](C)(C)O[Si](C)(C)O[Si](C)(C)CCCO. The van der Waals surface area contributed by atoms with Crippen molar-refractivity contribution in [2.45, 2.75) is 84.5 Å². The fourth-order valence-electron chi connectivity index (χ4n) is 3.20. The Bertz CT molecular complexity index is 394. The Kier molecular flexibility index (Phi) is 9.04. The zero-order valence-electron chi connectivity index (χ0n) is 17.7. The summed E-state index contributed by atoms with van der Waals surface area (Å²) >= 11 is 0. The molecule has 0 amide bonds. The van der Waals surface area contributed by atoms with Gasteiger partial charge in [-0.05, 0) is 84.5 Å². The van der Waals surface area contributed by atoms with Crippen molar-refractivity contribution in [1.29, 1.82) is 0 Å². The summed E-state index contributed by atoms with van der Waals surface area (Å²) in [4.78, 5) is 0. The van der Waals surface area contributed by atoms with Crippen molar-refractivity contribution >= 4 is 42.3 Å². The number of aliphatic hydroxyl groups excluding tert-OH is 1. The van der Waals surface area contributed by atoms with Crippen LogP contribution in [0.5, 0.6) is 0 Å². The van der Waals surface area contributed by atoms with E-state index in [9.17, 15) is 0 Å². The second-order valence-electron chi connectivity index (χ2n) is 9.31. The maximum absolute atomic E-state index is 9.06. The summed E-state index contributed by atoms with van der Waals surface area (Å²) in [5.74, 6) is 0. The van der Waals surface area contributed by atoms with E-state index in [1.165, 1.54) is 0 Å². The minimum Gasteiger partial charge on any atom is -0.437 e. The molecule has 0 saturated heterocycles. The maximum Gasteiger partial charge on any atom is 0.314 e. The molecule has 0 radical (unpaired) electrons. The van der Waals surface area contributed by atoms with E-state index in [2.05, 4.69) is 72.0 Å². The quantitative estimate of drug-likeness (QED) is 0.488. The third kappa shape index (κ3) is 12.3. The van der Waals surface area contributed by atoms with E-state index in [4.69, 9.17) is 21.6 Å². The molecule has 0 aliphatic rings. The smallest absolute Gasteiger partial charge is 0.314 e. The van der Waals surface area contributed by atoms with Crippen LogP contribution in [-0.4, -0.2) is 54.0 Å². The van der Waals surface area contributed by atoms with Crippen LogP contribution in [0.1, 0.15) is 6.42 Å². The average molecular weight is 429 g/mol. The van der Waals surface area contributed by atoms with Crippen LogP contribution in [0.25, 0.3) is 0 Å². The Morgan fingerprint density at radius 1 is 0.583 bits per heavy atom. The van der Waals surface area contributed by atoms with Gasteiger partial charge in [0.1, 0.15) is 0 Å². The summed E-state index contributed by atoms with van der Waals surface area (Å²) in [5, 5.41) is 9.06. The largest absolute Gasteiger partial charge is 0.437 e. The topological polar surface area (TPSA) is 57.2 Å². The summed E-state index contributed by atoms with van der Waals surface area (Å²) in [7, 11) is -10.3. The van der Waals surface area contributed by atoms with Gasteiger partial charge in [-0.1, -0.05) is 0 Å². The van der Waals surface area contributed by atoms with Gasteiger partial charge in [-0.2, -0.15) is 0 Å². The lowest BCUT2D eigenvalue weighted by molar-refractivity contribution is 0.286. The van der Waals surface area contributed by atoms with Gasteiger partial charge in [-0.3, -0.25) is 0 Å². The molecule has 10 heteroatoms. The Morgan fingerprint density at radius 2 is 0.958 bits per heavy atom. The summed E-state index contributed by atoms with van der Waals surface area (Å²) in [6.45, 7) is 23.8. The van der Waals surface area contributed by atoms with E-state index in [1.807, 2.05) is 0 Å². The van der Waals surface area contributed by atoms with E-state index < -0.39 is 42.3 Å². The summed E-state index contributed by atoms with van der Waals surface area (Å²) in [5.41, 5.74) is 0. The van der Waals surface area contributed by atoms with Gasteiger partial charge in [-0.25, -0.2) is 0 Å². The van der Waals surface area contributed by atoms with Gasteiger partial charge in [-0.15, -0.1) is 0 Å². The second kappa shape index (κ2) is 8.72. The first kappa shape index (κ1) is 24.9. The molecule has 0 fully saturated rings. The van der Waals surface area contributed by atoms with E-state index in [0.29, 0.717) is 0 Å². The van der Waals surface area contributed by atoms with E-state index in [0.717, 1.165) is 12.5 Å². The molecule has 0 saturated carbocycles. The third-order valence-electron chi connectivity index (χ3n) is 2.99. The number of hydrogen-bond donors (Lipinski definition) is 1. The molecule has 24 heavy (non-hydrogen) atoms. The summed E-state index contributed by atoms with van der Waals surface area (Å²) in [6.07, 6.45) is 0.797. The molecule has 0 spiro atoms. The van der Waals surface area contributed by atoms with Gasteiger partial charge >= 0.3 is 25.7 Å². The Labute approximate surface area is 155 Å². The molecular weight excluding hydrogens is 389 g/mol. The van der Waals surface area contributed by atoms with Gasteiger partial charge in [0.05, 0.1) is 0 Å². The van der Waals surface area contributed by atoms with Gasteiger partial charge in [0.2, 0.25) is 0 Å². The molecule has 0 aromatic carbocycles. The van der Waals surface area contributed by atoms with Crippen LogP contribution in [0.2, 0.25) is 78.1 Å². The van der Waals surface area contributed by atoms with Crippen LogP contribution in [-0.2, 0) is 16.5 Å². The van der Waals surface area contributed by atoms with Crippen molar-refractivity contribution in [1.82, 2.24) is 0 Å². The van der Waals surface area contributed by atoms with Crippen LogP contribution < -0.4 is 0 Å². The zero-order chi connectivity index (χ0) is 19.4. The van der Waals surface area contributed by atoms with Crippen molar-refractivity contribution in [3.63, 3.8) is 0 Å². The molecule has 5 nitrogen and oxygen atoms in total. The molecule has 0 aromatic heterocycles. The van der Waals surface area contributed by atoms with Crippen LogP contribution in [0, 0.1) is 0 Å². The fraction of sp³-hybridized carbons (Fsp3) is 1.00.